The van der Waals surface area contributed by atoms with E-state index in [0.717, 1.165) is 19.3 Å². The molecule has 122 valence electrons. The van der Waals surface area contributed by atoms with E-state index in [2.05, 4.69) is 83.9 Å². The molecule has 5 rings (SSSR count). The minimum atomic E-state index is 0.450. The predicted molar refractivity (Wildman–Crippen MR) is 108 cm³/mol. The first-order valence-electron chi connectivity index (χ1n) is 9.14. The lowest BCUT2D eigenvalue weighted by Crippen LogP contribution is -1.99. The summed E-state index contributed by atoms with van der Waals surface area (Å²) in [6, 6.07) is 13.4. The summed E-state index contributed by atoms with van der Waals surface area (Å²) in [5, 5.41) is 2.72. The van der Waals surface area contributed by atoms with Gasteiger partial charge < -0.3 is 4.98 Å². The lowest BCUT2D eigenvalue weighted by Gasteiger charge is -2.18. The van der Waals surface area contributed by atoms with Crippen molar-refractivity contribution < 1.29 is 0 Å². The Morgan fingerprint density at radius 2 is 1.88 bits per heavy atom. The summed E-state index contributed by atoms with van der Waals surface area (Å²) >= 11 is 0. The number of benzene rings is 2. The molecule has 1 heteroatoms. The van der Waals surface area contributed by atoms with Crippen molar-refractivity contribution in [1.82, 2.24) is 4.98 Å². The van der Waals surface area contributed by atoms with Crippen LogP contribution in [-0.4, -0.2) is 4.98 Å². The molecule has 3 aromatic rings. The second-order valence-corrected chi connectivity index (χ2v) is 6.97. The molecule has 2 aliphatic carbocycles. The monoisotopic (exact) mass is 323 g/mol. The third-order valence-electron chi connectivity index (χ3n) is 5.40. The quantitative estimate of drug-likeness (QED) is 0.543. The number of rotatable bonds is 2. The van der Waals surface area contributed by atoms with Crippen molar-refractivity contribution in [2.24, 2.45) is 0 Å². The van der Waals surface area contributed by atoms with Gasteiger partial charge in [0.05, 0.1) is 0 Å². The van der Waals surface area contributed by atoms with E-state index in [1.54, 1.807) is 0 Å². The number of hydrogen-bond acceptors (Lipinski definition) is 0. The van der Waals surface area contributed by atoms with Gasteiger partial charge in [0.2, 0.25) is 0 Å². The average molecular weight is 323 g/mol. The van der Waals surface area contributed by atoms with E-state index in [0.29, 0.717) is 5.92 Å². The van der Waals surface area contributed by atoms with E-state index in [-0.39, 0.29) is 0 Å². The number of aromatic nitrogens is 1. The number of nitrogens with one attached hydrogen (secondary N) is 1. The summed E-state index contributed by atoms with van der Waals surface area (Å²) in [5.41, 5.74) is 6.73. The Balaban J connectivity index is 1.80. The van der Waals surface area contributed by atoms with Crippen LogP contribution in [0.1, 0.15) is 36.3 Å². The summed E-state index contributed by atoms with van der Waals surface area (Å²) in [6.07, 6.45) is 19.0. The van der Waals surface area contributed by atoms with Gasteiger partial charge in [0, 0.05) is 27.7 Å². The van der Waals surface area contributed by atoms with Crippen LogP contribution in [0.25, 0.3) is 27.4 Å². The van der Waals surface area contributed by atoms with Crippen LogP contribution < -0.4 is 0 Å². The molecule has 0 aliphatic heterocycles. The molecular weight excluding hydrogens is 302 g/mol. The molecule has 0 saturated heterocycles. The maximum absolute atomic E-state index is 3.65. The van der Waals surface area contributed by atoms with Crippen LogP contribution in [0.15, 0.2) is 78.9 Å². The van der Waals surface area contributed by atoms with Gasteiger partial charge in [-0.15, -0.1) is 0 Å². The van der Waals surface area contributed by atoms with Crippen LogP contribution in [-0.2, 0) is 0 Å². The molecule has 2 aromatic carbocycles. The fraction of sp³-hybridized carbons (Fsp3) is 0.167. The number of aromatic amines is 1. The zero-order valence-corrected chi connectivity index (χ0v) is 14.2. The number of para-hydroxylation sites is 1. The van der Waals surface area contributed by atoms with Crippen LogP contribution in [0.2, 0.25) is 0 Å². The van der Waals surface area contributed by atoms with Gasteiger partial charge in [-0.2, -0.15) is 0 Å². The van der Waals surface area contributed by atoms with E-state index >= 15 is 0 Å². The molecule has 0 bridgehead atoms. The van der Waals surface area contributed by atoms with Gasteiger partial charge in [-0.25, -0.2) is 0 Å². The van der Waals surface area contributed by atoms with Crippen LogP contribution >= 0.6 is 0 Å². The highest BCUT2D eigenvalue weighted by atomic mass is 14.7. The fourth-order valence-corrected chi connectivity index (χ4v) is 4.15. The number of H-pyrrole nitrogens is 1. The van der Waals surface area contributed by atoms with Crippen molar-refractivity contribution in [2.45, 2.75) is 25.2 Å². The maximum atomic E-state index is 3.65. The Bertz CT molecular complexity index is 1070. The van der Waals surface area contributed by atoms with Gasteiger partial charge in [-0.3, -0.25) is 0 Å². The Morgan fingerprint density at radius 3 is 2.72 bits per heavy atom. The normalized spacial score (nSPS) is 19.7. The molecule has 0 radical (unpaired) electrons. The molecule has 0 spiro atoms. The summed E-state index contributed by atoms with van der Waals surface area (Å²) in [5.74, 6) is 0.450. The van der Waals surface area contributed by atoms with Gasteiger partial charge in [0.1, 0.15) is 0 Å². The first-order valence-corrected chi connectivity index (χ1v) is 9.14. The molecule has 0 amide bonds. The summed E-state index contributed by atoms with van der Waals surface area (Å²) in [6.45, 7) is 0. The first-order chi connectivity index (χ1) is 12.4. The predicted octanol–water partition coefficient (Wildman–Crippen LogP) is 6.65. The van der Waals surface area contributed by atoms with Crippen LogP contribution in [0.4, 0.5) is 0 Å². The zero-order valence-electron chi connectivity index (χ0n) is 14.2. The Labute approximate surface area is 148 Å². The van der Waals surface area contributed by atoms with E-state index < -0.39 is 0 Å². The van der Waals surface area contributed by atoms with E-state index in [1.807, 2.05) is 0 Å². The molecule has 1 unspecified atom stereocenters. The molecule has 1 heterocycles. The minimum Gasteiger partial charge on any atom is -0.354 e. The number of hydrogen-bond donors (Lipinski definition) is 1. The van der Waals surface area contributed by atoms with Gasteiger partial charge >= 0.3 is 0 Å². The van der Waals surface area contributed by atoms with Gasteiger partial charge in [0.25, 0.3) is 0 Å². The molecule has 1 aromatic heterocycles. The standard InChI is InChI=1S/C24H21N/c1-3-9-17(10-4-1)19-15-21(18-11-5-2-6-12-18)24-20-13-7-8-14-22(20)25-23(24)16-19/h1-3,5-9,11,13-16,18,25H,4,10,12H2. The second-order valence-electron chi connectivity index (χ2n) is 6.97. The largest absolute Gasteiger partial charge is 0.354 e. The fourth-order valence-electron chi connectivity index (χ4n) is 4.15. The van der Waals surface area contributed by atoms with Crippen LogP contribution in [0, 0.1) is 0 Å². The van der Waals surface area contributed by atoms with Gasteiger partial charge in [-0.05, 0) is 48.1 Å². The third-order valence-corrected chi connectivity index (χ3v) is 5.40. The Kier molecular flexibility index (Phi) is 3.45. The molecule has 0 saturated carbocycles. The Hall–Kier alpha value is -2.80. The molecule has 2 aliphatic rings. The van der Waals surface area contributed by atoms with Crippen molar-refractivity contribution in [2.75, 3.05) is 0 Å². The van der Waals surface area contributed by atoms with Crippen molar-refractivity contribution in [3.05, 3.63) is 90.1 Å². The molecular formula is C24H21N. The van der Waals surface area contributed by atoms with Crippen molar-refractivity contribution >= 4 is 27.4 Å². The molecule has 1 nitrogen and oxygen atoms in total. The highest BCUT2D eigenvalue weighted by Gasteiger charge is 2.18. The SMILES string of the molecule is C1=CCCC(c2cc(C3C=CC=CC3)c3c(c2)[nH]c2ccccc23)=C1. The lowest BCUT2D eigenvalue weighted by atomic mass is 9.86. The summed E-state index contributed by atoms with van der Waals surface area (Å²) in [7, 11) is 0. The van der Waals surface area contributed by atoms with Crippen LogP contribution in [0.5, 0.6) is 0 Å². The van der Waals surface area contributed by atoms with E-state index in [1.165, 1.54) is 38.5 Å². The molecule has 1 atom stereocenters. The van der Waals surface area contributed by atoms with Gasteiger partial charge in [-0.1, -0.05) is 66.8 Å². The minimum absolute atomic E-state index is 0.450. The second kappa shape index (κ2) is 5.93. The zero-order chi connectivity index (χ0) is 16.6. The summed E-state index contributed by atoms with van der Waals surface area (Å²) in [4.78, 5) is 3.65. The van der Waals surface area contributed by atoms with Crippen molar-refractivity contribution in [3.8, 4) is 0 Å². The van der Waals surface area contributed by atoms with E-state index in [4.69, 9.17) is 0 Å². The first kappa shape index (κ1) is 14.5. The van der Waals surface area contributed by atoms with Crippen molar-refractivity contribution in [1.29, 1.82) is 0 Å². The van der Waals surface area contributed by atoms with E-state index in [9.17, 15) is 0 Å². The smallest absolute Gasteiger partial charge is 0.0474 e. The number of allylic oxidation sites excluding steroid dienone is 8. The highest BCUT2D eigenvalue weighted by Crippen LogP contribution is 2.38. The molecule has 0 fully saturated rings. The highest BCUT2D eigenvalue weighted by molar-refractivity contribution is 6.10. The van der Waals surface area contributed by atoms with Crippen molar-refractivity contribution in [3.63, 3.8) is 0 Å². The maximum Gasteiger partial charge on any atom is 0.0474 e. The Morgan fingerprint density at radius 1 is 0.920 bits per heavy atom. The van der Waals surface area contributed by atoms with Crippen LogP contribution in [0.3, 0.4) is 0 Å². The lowest BCUT2D eigenvalue weighted by molar-refractivity contribution is 0.862. The van der Waals surface area contributed by atoms with Gasteiger partial charge in [0.15, 0.2) is 0 Å². The molecule has 1 N–H and O–H groups in total. The average Bonchev–Trinajstić information content (AvgIpc) is 3.07. The number of fused-ring (bicyclic) bond motifs is 3. The third kappa shape index (κ3) is 2.47. The topological polar surface area (TPSA) is 15.8 Å². The summed E-state index contributed by atoms with van der Waals surface area (Å²) < 4.78 is 0. The molecule has 25 heavy (non-hydrogen) atoms.